The molecule has 0 saturated heterocycles. The van der Waals surface area contributed by atoms with E-state index in [2.05, 4.69) is 10.1 Å². The highest BCUT2D eigenvalue weighted by molar-refractivity contribution is 7.13. The Morgan fingerprint density at radius 2 is 2.00 bits per heavy atom. The molecule has 2 N–H and O–H groups in total. The number of rotatable bonds is 3. The topological polar surface area (TPSA) is 64.9 Å². The van der Waals surface area contributed by atoms with E-state index in [4.69, 9.17) is 10.3 Å². The molecular weight excluding hydrogens is 254 g/mol. The smallest absolute Gasteiger partial charge is 0.249 e. The van der Waals surface area contributed by atoms with Crippen LogP contribution in [0.25, 0.3) is 10.7 Å². The van der Waals surface area contributed by atoms with E-state index in [-0.39, 0.29) is 6.04 Å². The van der Waals surface area contributed by atoms with E-state index < -0.39 is 0 Å². The van der Waals surface area contributed by atoms with Crippen molar-refractivity contribution in [2.24, 2.45) is 5.73 Å². The fourth-order valence-corrected chi connectivity index (χ4v) is 2.83. The van der Waals surface area contributed by atoms with Crippen LogP contribution in [0.4, 0.5) is 0 Å². The summed E-state index contributed by atoms with van der Waals surface area (Å²) in [5.41, 5.74) is 6.05. The summed E-state index contributed by atoms with van der Waals surface area (Å²) in [6.07, 6.45) is 0. The summed E-state index contributed by atoms with van der Waals surface area (Å²) in [5, 5.41) is 7.89. The monoisotopic (exact) mass is 263 g/mol. The van der Waals surface area contributed by atoms with E-state index in [1.54, 1.807) is 22.7 Å². The summed E-state index contributed by atoms with van der Waals surface area (Å²) in [7, 11) is 0. The van der Waals surface area contributed by atoms with Crippen LogP contribution in [0.3, 0.4) is 0 Å². The lowest BCUT2D eigenvalue weighted by Crippen LogP contribution is -2.10. The molecule has 3 aromatic heterocycles. The maximum absolute atomic E-state index is 6.05. The summed E-state index contributed by atoms with van der Waals surface area (Å²) in [5.74, 6) is 1.05. The molecular formula is C11H9N3OS2. The van der Waals surface area contributed by atoms with Gasteiger partial charge in [-0.2, -0.15) is 4.98 Å². The Balaban J connectivity index is 1.90. The lowest BCUT2D eigenvalue weighted by molar-refractivity contribution is 0.368. The largest absolute Gasteiger partial charge is 0.337 e. The molecule has 1 unspecified atom stereocenters. The first-order valence-corrected chi connectivity index (χ1v) is 6.77. The second-order valence-corrected chi connectivity index (χ2v) is 5.35. The summed E-state index contributed by atoms with van der Waals surface area (Å²) in [6, 6.07) is 7.49. The van der Waals surface area contributed by atoms with Crippen molar-refractivity contribution in [2.45, 2.75) is 6.04 Å². The van der Waals surface area contributed by atoms with Gasteiger partial charge in [-0.3, -0.25) is 0 Å². The van der Waals surface area contributed by atoms with E-state index in [1.807, 2.05) is 35.0 Å². The lowest BCUT2D eigenvalue weighted by atomic mass is 10.2. The second-order valence-electron chi connectivity index (χ2n) is 3.43. The number of hydrogen-bond acceptors (Lipinski definition) is 6. The zero-order valence-corrected chi connectivity index (χ0v) is 10.4. The fourth-order valence-electron chi connectivity index (χ4n) is 1.46. The average molecular weight is 263 g/mol. The molecule has 0 bridgehead atoms. The van der Waals surface area contributed by atoms with Crippen LogP contribution in [0.1, 0.15) is 16.8 Å². The quantitative estimate of drug-likeness (QED) is 0.789. The molecule has 6 heteroatoms. The lowest BCUT2D eigenvalue weighted by Gasteiger charge is -2.01. The molecule has 0 radical (unpaired) electrons. The molecule has 0 amide bonds. The van der Waals surface area contributed by atoms with Gasteiger partial charge in [0.15, 0.2) is 0 Å². The third kappa shape index (κ3) is 2.02. The van der Waals surface area contributed by atoms with E-state index >= 15 is 0 Å². The molecule has 1 atom stereocenters. The Morgan fingerprint density at radius 1 is 1.18 bits per heavy atom. The molecule has 4 nitrogen and oxygen atoms in total. The zero-order valence-electron chi connectivity index (χ0n) is 8.74. The highest BCUT2D eigenvalue weighted by atomic mass is 32.1. The summed E-state index contributed by atoms with van der Waals surface area (Å²) in [4.78, 5) is 6.33. The zero-order chi connectivity index (χ0) is 11.7. The van der Waals surface area contributed by atoms with Crippen molar-refractivity contribution in [1.29, 1.82) is 0 Å². The normalized spacial score (nSPS) is 12.8. The molecule has 0 saturated carbocycles. The van der Waals surface area contributed by atoms with Gasteiger partial charge in [0, 0.05) is 4.88 Å². The van der Waals surface area contributed by atoms with Gasteiger partial charge in [-0.15, -0.1) is 22.7 Å². The Labute approximate surface area is 106 Å². The van der Waals surface area contributed by atoms with E-state index in [0.29, 0.717) is 11.7 Å². The molecule has 0 fully saturated rings. The third-order valence-corrected chi connectivity index (χ3v) is 4.12. The minimum atomic E-state index is -0.337. The first-order valence-electron chi connectivity index (χ1n) is 5.01. The van der Waals surface area contributed by atoms with Gasteiger partial charge in [0.1, 0.15) is 6.04 Å². The van der Waals surface area contributed by atoms with Gasteiger partial charge in [-0.1, -0.05) is 17.3 Å². The van der Waals surface area contributed by atoms with Gasteiger partial charge in [0.05, 0.1) is 4.88 Å². The predicted molar refractivity (Wildman–Crippen MR) is 68.0 cm³/mol. The van der Waals surface area contributed by atoms with Gasteiger partial charge in [0.2, 0.25) is 11.7 Å². The van der Waals surface area contributed by atoms with Gasteiger partial charge in [-0.05, 0) is 22.9 Å². The highest BCUT2D eigenvalue weighted by Gasteiger charge is 2.18. The van der Waals surface area contributed by atoms with Gasteiger partial charge in [-0.25, -0.2) is 0 Å². The Morgan fingerprint density at radius 3 is 2.71 bits per heavy atom. The molecule has 17 heavy (non-hydrogen) atoms. The first-order chi connectivity index (χ1) is 8.34. The minimum absolute atomic E-state index is 0.337. The second kappa shape index (κ2) is 4.40. The van der Waals surface area contributed by atoms with Crippen LogP contribution in [-0.4, -0.2) is 10.1 Å². The molecule has 0 aromatic carbocycles. The van der Waals surface area contributed by atoms with Crippen molar-refractivity contribution in [3.8, 4) is 10.7 Å². The number of thiophene rings is 2. The van der Waals surface area contributed by atoms with Crippen LogP contribution < -0.4 is 5.73 Å². The van der Waals surface area contributed by atoms with Crippen LogP contribution in [0.5, 0.6) is 0 Å². The maximum Gasteiger partial charge on any atom is 0.249 e. The van der Waals surface area contributed by atoms with Crippen LogP contribution in [0.2, 0.25) is 0 Å². The van der Waals surface area contributed by atoms with Crippen molar-refractivity contribution in [3.05, 3.63) is 45.8 Å². The molecule has 0 aliphatic heterocycles. The van der Waals surface area contributed by atoms with Crippen LogP contribution in [0, 0.1) is 0 Å². The standard InChI is InChI=1S/C11H9N3OS2/c12-9(7-3-1-5-16-7)11-13-10(14-15-11)8-4-2-6-17-8/h1-6,9H,12H2. The predicted octanol–water partition coefficient (Wildman–Crippen LogP) is 2.91. The van der Waals surface area contributed by atoms with Gasteiger partial charge >= 0.3 is 0 Å². The van der Waals surface area contributed by atoms with Crippen molar-refractivity contribution in [1.82, 2.24) is 10.1 Å². The Bertz CT molecular complexity index is 586. The molecule has 3 heterocycles. The minimum Gasteiger partial charge on any atom is -0.337 e. The Hall–Kier alpha value is -1.50. The van der Waals surface area contributed by atoms with Crippen molar-refractivity contribution >= 4 is 22.7 Å². The summed E-state index contributed by atoms with van der Waals surface area (Å²) in [6.45, 7) is 0. The molecule has 0 aliphatic carbocycles. The summed E-state index contributed by atoms with van der Waals surface area (Å²) < 4.78 is 5.20. The molecule has 86 valence electrons. The highest BCUT2D eigenvalue weighted by Crippen LogP contribution is 2.26. The number of aromatic nitrogens is 2. The molecule has 3 rings (SSSR count). The van der Waals surface area contributed by atoms with Crippen molar-refractivity contribution < 1.29 is 4.52 Å². The fraction of sp³-hybridized carbons (Fsp3) is 0.0909. The molecule has 0 spiro atoms. The van der Waals surface area contributed by atoms with Crippen LogP contribution in [-0.2, 0) is 0 Å². The van der Waals surface area contributed by atoms with Crippen LogP contribution >= 0.6 is 22.7 Å². The SMILES string of the molecule is NC(c1nc(-c2cccs2)no1)c1cccs1. The van der Waals surface area contributed by atoms with E-state index in [9.17, 15) is 0 Å². The number of nitrogens with two attached hydrogens (primary N) is 1. The van der Waals surface area contributed by atoms with Gasteiger partial charge < -0.3 is 10.3 Å². The molecule has 0 aliphatic rings. The number of hydrogen-bond donors (Lipinski definition) is 1. The first kappa shape index (κ1) is 10.6. The summed E-state index contributed by atoms with van der Waals surface area (Å²) >= 11 is 3.16. The van der Waals surface area contributed by atoms with Crippen molar-refractivity contribution in [3.63, 3.8) is 0 Å². The number of nitrogens with zero attached hydrogens (tertiary/aromatic N) is 2. The van der Waals surface area contributed by atoms with Crippen molar-refractivity contribution in [2.75, 3.05) is 0 Å². The maximum atomic E-state index is 6.05. The Kier molecular flexibility index (Phi) is 2.76. The van der Waals surface area contributed by atoms with E-state index in [1.165, 1.54) is 0 Å². The van der Waals surface area contributed by atoms with E-state index in [0.717, 1.165) is 9.75 Å². The molecule has 3 aromatic rings. The van der Waals surface area contributed by atoms with Crippen LogP contribution in [0.15, 0.2) is 39.5 Å². The third-order valence-electron chi connectivity index (χ3n) is 2.30. The average Bonchev–Trinajstić information content (AvgIpc) is 3.09. The van der Waals surface area contributed by atoms with Gasteiger partial charge in [0.25, 0.3) is 0 Å².